The third-order valence-corrected chi connectivity index (χ3v) is 0.771. The molecule has 0 heterocycles. The van der Waals surface area contributed by atoms with E-state index in [1.165, 1.54) is 0 Å². The highest BCUT2D eigenvalue weighted by molar-refractivity contribution is 4.30. The summed E-state index contributed by atoms with van der Waals surface area (Å²) >= 11 is 0. The summed E-state index contributed by atoms with van der Waals surface area (Å²) in [7, 11) is 0. The Hall–Kier alpha value is -0.110. The normalized spacial score (nSPS) is 9.75. The second-order valence-corrected chi connectivity index (χ2v) is 1.65. The molecule has 0 aromatic heterocycles. The molecule has 0 atom stereocenters. The predicted octanol–water partition coefficient (Wildman–Crippen LogP) is 1.77. The number of rotatable bonds is 5. The average Bonchev–Trinajstić information content (AvgIpc) is 1.81. The maximum atomic E-state index is 11.3. The van der Waals surface area contributed by atoms with Crippen LogP contribution in [0.3, 0.4) is 0 Å². The van der Waals surface area contributed by atoms with Crippen LogP contribution >= 0.6 is 0 Å². The van der Waals surface area contributed by atoms with E-state index >= 15 is 0 Å². The maximum Gasteiger partial charge on any atom is 0.0916 e. The van der Waals surface area contributed by atoms with Gasteiger partial charge in [0.1, 0.15) is 0 Å². The number of halogens is 1. The van der Waals surface area contributed by atoms with Crippen LogP contribution in [0.15, 0.2) is 0 Å². The van der Waals surface area contributed by atoms with E-state index in [1.807, 2.05) is 6.92 Å². The van der Waals surface area contributed by atoms with Crippen LogP contribution in [0.2, 0.25) is 0 Å². The third-order valence-electron chi connectivity index (χ3n) is 0.771. The van der Waals surface area contributed by atoms with Crippen LogP contribution in [-0.2, 0) is 4.74 Å². The van der Waals surface area contributed by atoms with Crippen molar-refractivity contribution in [2.24, 2.45) is 0 Å². The standard InChI is InChI=1S/C6H13FO/c1-2-5-8-6-3-4-7/h2-6H2,1H3. The highest BCUT2D eigenvalue weighted by Crippen LogP contribution is 1.84. The van der Waals surface area contributed by atoms with Gasteiger partial charge in [0.15, 0.2) is 0 Å². The van der Waals surface area contributed by atoms with Crippen molar-refractivity contribution in [3.8, 4) is 0 Å². The molecule has 50 valence electrons. The Bertz CT molecular complexity index is 33.5. The molecule has 0 aromatic carbocycles. The Kier molecular flexibility index (Phi) is 6.80. The number of ether oxygens (including phenoxy) is 1. The average molecular weight is 120 g/mol. The van der Waals surface area contributed by atoms with Gasteiger partial charge in [0.25, 0.3) is 0 Å². The van der Waals surface area contributed by atoms with Crippen LogP contribution in [0, 0.1) is 0 Å². The first-order valence-corrected chi connectivity index (χ1v) is 3.05. The fraction of sp³-hybridized carbons (Fsp3) is 1.00. The van der Waals surface area contributed by atoms with Gasteiger partial charge < -0.3 is 4.74 Å². The van der Waals surface area contributed by atoms with Gasteiger partial charge in [-0.1, -0.05) is 6.92 Å². The van der Waals surface area contributed by atoms with E-state index in [-0.39, 0.29) is 6.67 Å². The molecule has 0 aromatic rings. The van der Waals surface area contributed by atoms with Crippen LogP contribution in [0.5, 0.6) is 0 Å². The van der Waals surface area contributed by atoms with E-state index in [2.05, 4.69) is 0 Å². The molecule has 0 saturated heterocycles. The third kappa shape index (κ3) is 5.89. The minimum atomic E-state index is -0.260. The Balaban J connectivity index is 2.53. The zero-order valence-electron chi connectivity index (χ0n) is 5.32. The van der Waals surface area contributed by atoms with E-state index < -0.39 is 0 Å². The van der Waals surface area contributed by atoms with Crippen molar-refractivity contribution in [3.63, 3.8) is 0 Å². The molecule has 0 N–H and O–H groups in total. The maximum absolute atomic E-state index is 11.3. The Morgan fingerprint density at radius 1 is 1.38 bits per heavy atom. The lowest BCUT2D eigenvalue weighted by Crippen LogP contribution is -1.95. The Morgan fingerprint density at radius 3 is 2.62 bits per heavy atom. The van der Waals surface area contributed by atoms with Crippen LogP contribution in [0.25, 0.3) is 0 Å². The quantitative estimate of drug-likeness (QED) is 0.502. The van der Waals surface area contributed by atoms with Crippen LogP contribution in [0.1, 0.15) is 19.8 Å². The Labute approximate surface area is 49.8 Å². The number of hydrogen-bond acceptors (Lipinski definition) is 1. The van der Waals surface area contributed by atoms with Crippen molar-refractivity contribution >= 4 is 0 Å². The fourth-order valence-electron chi connectivity index (χ4n) is 0.403. The van der Waals surface area contributed by atoms with Gasteiger partial charge >= 0.3 is 0 Å². The van der Waals surface area contributed by atoms with E-state index in [4.69, 9.17) is 4.74 Å². The molecule has 2 heteroatoms. The lowest BCUT2D eigenvalue weighted by atomic mass is 10.5. The minimum Gasteiger partial charge on any atom is -0.381 e. The molecule has 0 aliphatic heterocycles. The molecule has 1 nitrogen and oxygen atoms in total. The van der Waals surface area contributed by atoms with Crippen molar-refractivity contribution < 1.29 is 9.13 Å². The second kappa shape index (κ2) is 6.89. The van der Waals surface area contributed by atoms with Gasteiger partial charge in [-0.15, -0.1) is 0 Å². The van der Waals surface area contributed by atoms with E-state index in [9.17, 15) is 4.39 Å². The molecule has 0 aliphatic carbocycles. The van der Waals surface area contributed by atoms with Crippen LogP contribution in [0.4, 0.5) is 4.39 Å². The first-order chi connectivity index (χ1) is 3.91. The summed E-state index contributed by atoms with van der Waals surface area (Å²) in [5.74, 6) is 0. The summed E-state index contributed by atoms with van der Waals surface area (Å²) in [4.78, 5) is 0. The van der Waals surface area contributed by atoms with Gasteiger partial charge in [-0.25, -0.2) is 0 Å². The monoisotopic (exact) mass is 120 g/mol. The zero-order valence-corrected chi connectivity index (χ0v) is 5.32. The number of hydrogen-bond donors (Lipinski definition) is 0. The highest BCUT2D eigenvalue weighted by atomic mass is 19.1. The molecule has 0 bridgehead atoms. The molecule has 0 radical (unpaired) electrons. The molecule has 0 spiro atoms. The van der Waals surface area contributed by atoms with Gasteiger partial charge in [0.05, 0.1) is 6.67 Å². The molecular weight excluding hydrogens is 107 g/mol. The largest absolute Gasteiger partial charge is 0.381 e. The van der Waals surface area contributed by atoms with E-state index in [0.29, 0.717) is 13.0 Å². The lowest BCUT2D eigenvalue weighted by Gasteiger charge is -1.96. The van der Waals surface area contributed by atoms with Crippen molar-refractivity contribution in [1.29, 1.82) is 0 Å². The fourth-order valence-corrected chi connectivity index (χ4v) is 0.403. The Morgan fingerprint density at radius 2 is 2.12 bits per heavy atom. The lowest BCUT2D eigenvalue weighted by molar-refractivity contribution is 0.127. The summed E-state index contributed by atoms with van der Waals surface area (Å²) in [6.07, 6.45) is 1.56. The van der Waals surface area contributed by atoms with Gasteiger partial charge in [-0.2, -0.15) is 0 Å². The molecule has 0 aliphatic rings. The summed E-state index contributed by atoms with van der Waals surface area (Å²) in [6, 6.07) is 0. The summed E-state index contributed by atoms with van der Waals surface area (Å²) in [6.45, 7) is 3.11. The van der Waals surface area contributed by atoms with Crippen molar-refractivity contribution in [1.82, 2.24) is 0 Å². The minimum absolute atomic E-state index is 0.260. The van der Waals surface area contributed by atoms with Gasteiger partial charge in [0.2, 0.25) is 0 Å². The summed E-state index contributed by atoms with van der Waals surface area (Å²) < 4.78 is 16.3. The smallest absolute Gasteiger partial charge is 0.0916 e. The van der Waals surface area contributed by atoms with Crippen molar-refractivity contribution in [2.45, 2.75) is 19.8 Å². The first-order valence-electron chi connectivity index (χ1n) is 3.05. The summed E-state index contributed by atoms with van der Waals surface area (Å²) in [5, 5.41) is 0. The van der Waals surface area contributed by atoms with Crippen molar-refractivity contribution in [2.75, 3.05) is 19.9 Å². The SMILES string of the molecule is CCCOCCCF. The van der Waals surface area contributed by atoms with E-state index in [1.54, 1.807) is 0 Å². The predicted molar refractivity (Wildman–Crippen MR) is 31.7 cm³/mol. The molecule has 0 saturated carbocycles. The first kappa shape index (κ1) is 7.89. The highest BCUT2D eigenvalue weighted by Gasteiger charge is 1.83. The van der Waals surface area contributed by atoms with Gasteiger partial charge in [-0.05, 0) is 12.8 Å². The molecule has 0 unspecified atom stereocenters. The molecule has 0 amide bonds. The topological polar surface area (TPSA) is 9.23 Å². The summed E-state index contributed by atoms with van der Waals surface area (Å²) in [5.41, 5.74) is 0. The zero-order chi connectivity index (χ0) is 6.24. The molecule has 8 heavy (non-hydrogen) atoms. The van der Waals surface area contributed by atoms with Crippen LogP contribution in [-0.4, -0.2) is 19.9 Å². The molecular formula is C6H13FO. The van der Waals surface area contributed by atoms with Gasteiger partial charge in [-0.3, -0.25) is 4.39 Å². The molecule has 0 fully saturated rings. The van der Waals surface area contributed by atoms with Gasteiger partial charge in [0, 0.05) is 13.2 Å². The van der Waals surface area contributed by atoms with E-state index in [0.717, 1.165) is 13.0 Å². The number of alkyl halides is 1. The molecule has 0 rings (SSSR count). The van der Waals surface area contributed by atoms with Crippen LogP contribution < -0.4 is 0 Å². The van der Waals surface area contributed by atoms with Crippen molar-refractivity contribution in [3.05, 3.63) is 0 Å². The second-order valence-electron chi connectivity index (χ2n) is 1.65.